The highest BCUT2D eigenvalue weighted by Gasteiger charge is 2.15. The van der Waals surface area contributed by atoms with Gasteiger partial charge in [-0.3, -0.25) is 9.52 Å². The highest BCUT2D eigenvalue weighted by Crippen LogP contribution is 2.32. The Kier molecular flexibility index (Phi) is 7.95. The van der Waals surface area contributed by atoms with Crippen molar-refractivity contribution in [2.45, 2.75) is 11.8 Å². The zero-order valence-electron chi connectivity index (χ0n) is 20.4. The number of sulfonamides is 1. The first-order valence-electron chi connectivity index (χ1n) is 11.2. The minimum Gasteiger partial charge on any atom is -0.495 e. The molecule has 3 N–H and O–H groups in total. The monoisotopic (exact) mass is 538 g/mol. The molecule has 0 spiro atoms. The summed E-state index contributed by atoms with van der Waals surface area (Å²) < 4.78 is 38.8. The lowest BCUT2D eigenvalue weighted by molar-refractivity contribution is -0.118. The number of nitrogens with zero attached hydrogens (tertiary/aromatic N) is 1. The molecular weight excluding hydrogens is 512 g/mol. The Hall–Kier alpha value is -4.09. The van der Waals surface area contributed by atoms with Crippen LogP contribution in [0.25, 0.3) is 11.3 Å². The van der Waals surface area contributed by atoms with E-state index in [2.05, 4.69) is 20.3 Å². The third kappa shape index (κ3) is 6.57. The quantitative estimate of drug-likeness (QED) is 0.260. The van der Waals surface area contributed by atoms with Crippen LogP contribution in [0.1, 0.15) is 5.56 Å². The Morgan fingerprint density at radius 3 is 2.51 bits per heavy atom. The van der Waals surface area contributed by atoms with Crippen molar-refractivity contribution in [2.24, 2.45) is 0 Å². The lowest BCUT2D eigenvalue weighted by Crippen LogP contribution is -2.20. The van der Waals surface area contributed by atoms with E-state index in [1.54, 1.807) is 37.4 Å². The van der Waals surface area contributed by atoms with E-state index in [4.69, 9.17) is 9.47 Å². The molecular formula is C26H26N4O5S2. The lowest BCUT2D eigenvalue weighted by atomic mass is 10.1. The molecule has 0 aliphatic carbocycles. The van der Waals surface area contributed by atoms with Crippen molar-refractivity contribution in [3.8, 4) is 22.8 Å². The number of carbonyl (C=O) groups excluding carboxylic acids is 1. The maximum absolute atomic E-state index is 12.7. The van der Waals surface area contributed by atoms with Gasteiger partial charge >= 0.3 is 0 Å². The minimum absolute atomic E-state index is 0.0795. The highest BCUT2D eigenvalue weighted by atomic mass is 32.2. The number of thiazole rings is 1. The van der Waals surface area contributed by atoms with E-state index in [0.717, 1.165) is 22.0 Å². The van der Waals surface area contributed by atoms with Crippen molar-refractivity contribution in [3.05, 3.63) is 77.7 Å². The van der Waals surface area contributed by atoms with Gasteiger partial charge in [0.15, 0.2) is 11.7 Å². The normalized spacial score (nSPS) is 11.0. The molecule has 0 saturated heterocycles. The molecule has 3 aromatic carbocycles. The van der Waals surface area contributed by atoms with Crippen molar-refractivity contribution < 1.29 is 22.7 Å². The molecule has 0 aliphatic heterocycles. The molecule has 1 heterocycles. The van der Waals surface area contributed by atoms with Crippen LogP contribution < -0.4 is 24.8 Å². The number of aromatic nitrogens is 1. The summed E-state index contributed by atoms with van der Waals surface area (Å²) in [7, 11) is -0.438. The van der Waals surface area contributed by atoms with Gasteiger partial charge in [0.05, 0.1) is 23.4 Å². The van der Waals surface area contributed by atoms with Gasteiger partial charge < -0.3 is 20.1 Å². The largest absolute Gasteiger partial charge is 0.495 e. The fraction of sp³-hybridized carbons (Fsp3) is 0.154. The van der Waals surface area contributed by atoms with Crippen LogP contribution in [0.3, 0.4) is 0 Å². The van der Waals surface area contributed by atoms with Crippen LogP contribution in [0.2, 0.25) is 0 Å². The van der Waals surface area contributed by atoms with Crippen LogP contribution in [0.15, 0.2) is 77.0 Å². The highest BCUT2D eigenvalue weighted by molar-refractivity contribution is 7.92. The first-order valence-corrected chi connectivity index (χ1v) is 13.6. The van der Waals surface area contributed by atoms with Crippen LogP contribution in [-0.4, -0.2) is 40.1 Å². The predicted molar refractivity (Wildman–Crippen MR) is 146 cm³/mol. The van der Waals surface area contributed by atoms with Crippen LogP contribution in [0, 0.1) is 6.92 Å². The van der Waals surface area contributed by atoms with Gasteiger partial charge in [-0.2, -0.15) is 0 Å². The van der Waals surface area contributed by atoms with E-state index in [1.165, 1.54) is 42.7 Å². The van der Waals surface area contributed by atoms with Gasteiger partial charge in [0, 0.05) is 23.7 Å². The fourth-order valence-corrected chi connectivity index (χ4v) is 5.19. The van der Waals surface area contributed by atoms with E-state index in [9.17, 15) is 13.2 Å². The van der Waals surface area contributed by atoms with Crippen molar-refractivity contribution in [3.63, 3.8) is 0 Å². The number of rotatable bonds is 10. The van der Waals surface area contributed by atoms with E-state index >= 15 is 0 Å². The van der Waals surface area contributed by atoms with E-state index in [-0.39, 0.29) is 11.5 Å². The molecule has 192 valence electrons. The number of hydrogen-bond acceptors (Lipinski definition) is 8. The molecule has 0 aliphatic rings. The van der Waals surface area contributed by atoms with Crippen molar-refractivity contribution >= 4 is 43.8 Å². The van der Waals surface area contributed by atoms with Crippen molar-refractivity contribution in [2.75, 3.05) is 36.1 Å². The Labute approximate surface area is 219 Å². The van der Waals surface area contributed by atoms with Gasteiger partial charge in [0.1, 0.15) is 11.5 Å². The topological polar surface area (TPSA) is 119 Å². The van der Waals surface area contributed by atoms with Gasteiger partial charge in [-0.25, -0.2) is 13.4 Å². The molecule has 1 amide bonds. The summed E-state index contributed by atoms with van der Waals surface area (Å²) in [6.07, 6.45) is 0. The average Bonchev–Trinajstić information content (AvgIpc) is 3.37. The molecule has 4 aromatic rings. The van der Waals surface area contributed by atoms with Gasteiger partial charge in [0.25, 0.3) is 15.9 Å². The van der Waals surface area contributed by atoms with Gasteiger partial charge in [0.2, 0.25) is 0 Å². The maximum atomic E-state index is 12.7. The second kappa shape index (κ2) is 11.3. The van der Waals surface area contributed by atoms with Crippen molar-refractivity contribution in [1.29, 1.82) is 0 Å². The molecule has 0 bridgehead atoms. The number of aryl methyl sites for hydroxylation is 1. The molecule has 4 rings (SSSR count). The second-order valence-electron chi connectivity index (χ2n) is 7.99. The first kappa shape index (κ1) is 26.0. The standard InChI is InChI=1S/C26H26N4O5S2/c1-17-5-4-6-19(13-17)30-37(32,33)21-10-8-20(9-11-21)35-15-25(31)28-22-14-18(7-12-24(22)34-3)23-16-36-26(27-2)29-23/h4-14,16,30H,15H2,1-3H3,(H,27,29)(H,28,31). The Bertz CT molecular complexity index is 1500. The summed E-state index contributed by atoms with van der Waals surface area (Å²) in [5, 5.41) is 8.50. The molecule has 9 nitrogen and oxygen atoms in total. The first-order chi connectivity index (χ1) is 17.8. The van der Waals surface area contributed by atoms with E-state index in [0.29, 0.717) is 22.9 Å². The SMILES string of the molecule is CNc1nc(-c2ccc(OC)c(NC(=O)COc3ccc(S(=O)(=O)Nc4cccc(C)c4)cc3)c2)cs1. The third-order valence-electron chi connectivity index (χ3n) is 5.26. The number of hydrogen-bond donors (Lipinski definition) is 3. The average molecular weight is 539 g/mol. The van der Waals surface area contributed by atoms with Crippen LogP contribution in [0.5, 0.6) is 11.5 Å². The number of ether oxygens (including phenoxy) is 2. The smallest absolute Gasteiger partial charge is 0.262 e. The van der Waals surface area contributed by atoms with Gasteiger partial charge in [-0.15, -0.1) is 11.3 Å². The predicted octanol–water partition coefficient (Wildman–Crippen LogP) is 4.99. The van der Waals surface area contributed by atoms with E-state index in [1.807, 2.05) is 24.4 Å². The van der Waals surface area contributed by atoms with Crippen molar-refractivity contribution in [1.82, 2.24) is 4.98 Å². The molecule has 11 heteroatoms. The summed E-state index contributed by atoms with van der Waals surface area (Å²) in [6.45, 7) is 1.61. The number of anilines is 3. The molecule has 37 heavy (non-hydrogen) atoms. The summed E-state index contributed by atoms with van der Waals surface area (Å²) in [5.74, 6) is 0.451. The maximum Gasteiger partial charge on any atom is 0.262 e. The Morgan fingerprint density at radius 2 is 1.84 bits per heavy atom. The van der Waals surface area contributed by atoms with Crippen LogP contribution >= 0.6 is 11.3 Å². The summed E-state index contributed by atoms with van der Waals surface area (Å²) in [6, 6.07) is 18.3. The summed E-state index contributed by atoms with van der Waals surface area (Å²) in [4.78, 5) is 17.2. The Morgan fingerprint density at radius 1 is 1.05 bits per heavy atom. The molecule has 0 fully saturated rings. The van der Waals surface area contributed by atoms with Gasteiger partial charge in [-0.1, -0.05) is 12.1 Å². The third-order valence-corrected chi connectivity index (χ3v) is 7.52. The zero-order valence-corrected chi connectivity index (χ0v) is 22.1. The van der Waals surface area contributed by atoms with Gasteiger partial charge in [-0.05, 0) is 67.1 Å². The molecule has 0 radical (unpaired) electrons. The fourth-order valence-electron chi connectivity index (χ4n) is 3.46. The molecule has 0 atom stereocenters. The van der Waals surface area contributed by atoms with E-state index < -0.39 is 15.9 Å². The summed E-state index contributed by atoms with van der Waals surface area (Å²) in [5.41, 5.74) is 3.50. The number of amides is 1. The lowest BCUT2D eigenvalue weighted by Gasteiger charge is -2.13. The molecule has 0 saturated carbocycles. The summed E-state index contributed by atoms with van der Waals surface area (Å²) >= 11 is 1.48. The second-order valence-corrected chi connectivity index (χ2v) is 10.5. The molecule has 0 unspecified atom stereocenters. The number of nitrogens with one attached hydrogen (secondary N) is 3. The molecule has 1 aromatic heterocycles. The van der Waals surface area contributed by atoms with Crippen LogP contribution in [-0.2, 0) is 14.8 Å². The number of carbonyl (C=O) groups is 1. The number of benzene rings is 3. The zero-order chi connectivity index (χ0) is 26.4. The number of methoxy groups -OCH3 is 1. The Balaban J connectivity index is 1.38. The minimum atomic E-state index is -3.76. The van der Waals surface area contributed by atoms with Crippen LogP contribution in [0.4, 0.5) is 16.5 Å².